The van der Waals surface area contributed by atoms with Crippen molar-refractivity contribution in [2.75, 3.05) is 6.61 Å². The Bertz CT molecular complexity index is 698. The molecular weight excluding hydrogens is 306 g/mol. The number of hydrogen-bond acceptors (Lipinski definition) is 4. The van der Waals surface area contributed by atoms with Crippen molar-refractivity contribution in [1.29, 1.82) is 0 Å². The highest BCUT2D eigenvalue weighted by atomic mass is 35.5. The molecule has 0 aliphatic carbocycles. The smallest absolute Gasteiger partial charge is 0.312 e. The van der Waals surface area contributed by atoms with Gasteiger partial charge in [0.25, 0.3) is 0 Å². The number of carbonyl (C=O) groups excluding carboxylic acids is 1. The lowest BCUT2D eigenvalue weighted by molar-refractivity contribution is -0.385. The van der Waals surface area contributed by atoms with Gasteiger partial charge >= 0.3 is 5.69 Å². The SMILES string of the molecule is CCc1ccc(C(=O)COc2ccc(Cl)cc2[N+](=O)[O-])cc1. The largest absolute Gasteiger partial charge is 0.478 e. The van der Waals surface area contributed by atoms with Gasteiger partial charge < -0.3 is 4.74 Å². The molecule has 0 spiro atoms. The van der Waals surface area contributed by atoms with Gasteiger partial charge in [0.05, 0.1) is 4.92 Å². The van der Waals surface area contributed by atoms with Crippen LogP contribution in [0.4, 0.5) is 5.69 Å². The molecule has 0 aliphatic rings. The molecule has 114 valence electrons. The molecular formula is C16H14ClNO4. The quantitative estimate of drug-likeness (QED) is 0.457. The highest BCUT2D eigenvalue weighted by Gasteiger charge is 2.17. The average molecular weight is 320 g/mol. The summed E-state index contributed by atoms with van der Waals surface area (Å²) < 4.78 is 5.28. The standard InChI is InChI=1S/C16H14ClNO4/c1-2-11-3-5-12(6-4-11)15(19)10-22-16-8-7-13(17)9-14(16)18(20)21/h3-9H,2,10H2,1H3. The molecule has 0 heterocycles. The first-order chi connectivity index (χ1) is 10.5. The van der Waals surface area contributed by atoms with Crippen molar-refractivity contribution >= 4 is 23.1 Å². The molecule has 5 nitrogen and oxygen atoms in total. The van der Waals surface area contributed by atoms with Crippen molar-refractivity contribution in [1.82, 2.24) is 0 Å². The van der Waals surface area contributed by atoms with Crippen LogP contribution in [0.2, 0.25) is 5.02 Å². The van der Waals surface area contributed by atoms with Gasteiger partial charge in [0.1, 0.15) is 0 Å². The number of benzene rings is 2. The fourth-order valence-electron chi connectivity index (χ4n) is 1.91. The first kappa shape index (κ1) is 16.0. The van der Waals surface area contributed by atoms with Crippen molar-refractivity contribution in [2.24, 2.45) is 0 Å². The van der Waals surface area contributed by atoms with Gasteiger partial charge in [-0.2, -0.15) is 0 Å². The van der Waals surface area contributed by atoms with Gasteiger partial charge in [-0.15, -0.1) is 0 Å². The van der Waals surface area contributed by atoms with Crippen molar-refractivity contribution in [3.05, 3.63) is 68.7 Å². The summed E-state index contributed by atoms with van der Waals surface area (Å²) in [5.41, 5.74) is 1.38. The van der Waals surface area contributed by atoms with Crippen LogP contribution in [0.15, 0.2) is 42.5 Å². The van der Waals surface area contributed by atoms with E-state index in [0.717, 1.165) is 12.0 Å². The molecule has 0 unspecified atom stereocenters. The summed E-state index contributed by atoms with van der Waals surface area (Å²) >= 11 is 5.72. The number of aryl methyl sites for hydroxylation is 1. The van der Waals surface area contributed by atoms with E-state index in [0.29, 0.717) is 5.56 Å². The predicted molar refractivity (Wildman–Crippen MR) is 83.8 cm³/mol. The molecule has 0 fully saturated rings. The van der Waals surface area contributed by atoms with Gasteiger partial charge in [0.15, 0.2) is 18.1 Å². The Balaban J connectivity index is 2.09. The summed E-state index contributed by atoms with van der Waals surface area (Å²) in [7, 11) is 0. The monoisotopic (exact) mass is 319 g/mol. The van der Waals surface area contributed by atoms with Gasteiger partial charge in [-0.1, -0.05) is 42.8 Å². The Labute approximate surface area is 132 Å². The highest BCUT2D eigenvalue weighted by molar-refractivity contribution is 6.30. The number of nitro groups is 1. The minimum absolute atomic E-state index is 0.0212. The van der Waals surface area contributed by atoms with Gasteiger partial charge in [0.2, 0.25) is 0 Å². The van der Waals surface area contributed by atoms with E-state index in [4.69, 9.17) is 16.3 Å². The maximum atomic E-state index is 12.0. The number of ketones is 1. The molecule has 0 amide bonds. The lowest BCUT2D eigenvalue weighted by atomic mass is 10.1. The van der Waals surface area contributed by atoms with E-state index >= 15 is 0 Å². The molecule has 0 saturated heterocycles. The third-order valence-electron chi connectivity index (χ3n) is 3.16. The molecule has 0 aliphatic heterocycles. The average Bonchev–Trinajstić information content (AvgIpc) is 2.53. The first-order valence-electron chi connectivity index (χ1n) is 6.70. The molecule has 2 aromatic carbocycles. The summed E-state index contributed by atoms with van der Waals surface area (Å²) in [5.74, 6) is -0.222. The second-order valence-electron chi connectivity index (χ2n) is 4.63. The molecule has 0 radical (unpaired) electrons. The fraction of sp³-hybridized carbons (Fsp3) is 0.188. The lowest BCUT2D eigenvalue weighted by Gasteiger charge is -2.07. The van der Waals surface area contributed by atoms with Gasteiger partial charge in [-0.05, 0) is 24.1 Å². The van der Waals surface area contributed by atoms with Crippen LogP contribution >= 0.6 is 11.6 Å². The first-order valence-corrected chi connectivity index (χ1v) is 7.08. The van der Waals surface area contributed by atoms with Crippen LogP contribution in [0, 0.1) is 10.1 Å². The zero-order valence-electron chi connectivity index (χ0n) is 11.9. The maximum absolute atomic E-state index is 12.0. The van der Waals surface area contributed by atoms with Gasteiger partial charge in [-0.3, -0.25) is 14.9 Å². The fourth-order valence-corrected chi connectivity index (χ4v) is 2.07. The molecule has 0 aromatic heterocycles. The highest BCUT2D eigenvalue weighted by Crippen LogP contribution is 2.29. The van der Waals surface area contributed by atoms with Crippen LogP contribution in [0.5, 0.6) is 5.75 Å². The van der Waals surface area contributed by atoms with Crippen molar-refractivity contribution in [3.8, 4) is 5.75 Å². The Morgan fingerprint density at radius 3 is 2.50 bits per heavy atom. The number of rotatable bonds is 6. The second kappa shape index (κ2) is 7.04. The van der Waals surface area contributed by atoms with Crippen LogP contribution in [0.3, 0.4) is 0 Å². The molecule has 2 rings (SSSR count). The Kier molecular flexibility index (Phi) is 5.12. The van der Waals surface area contributed by atoms with Gasteiger partial charge in [-0.25, -0.2) is 0 Å². The van der Waals surface area contributed by atoms with E-state index < -0.39 is 4.92 Å². The predicted octanol–water partition coefficient (Wildman–Crippen LogP) is 4.07. The zero-order chi connectivity index (χ0) is 16.1. The summed E-state index contributed by atoms with van der Waals surface area (Å²) in [5, 5.41) is 11.2. The molecule has 0 saturated carbocycles. The molecule has 22 heavy (non-hydrogen) atoms. The van der Waals surface area contributed by atoms with E-state index in [9.17, 15) is 14.9 Å². The van der Waals surface area contributed by atoms with Crippen molar-refractivity contribution < 1.29 is 14.5 Å². The number of Topliss-reactive ketones (excluding diaryl/α,β-unsaturated/α-hetero) is 1. The van der Waals surface area contributed by atoms with E-state index in [1.54, 1.807) is 12.1 Å². The Hall–Kier alpha value is -2.40. The molecule has 2 aromatic rings. The third-order valence-corrected chi connectivity index (χ3v) is 3.40. The minimum Gasteiger partial charge on any atom is -0.478 e. The third kappa shape index (κ3) is 3.83. The minimum atomic E-state index is -0.596. The second-order valence-corrected chi connectivity index (χ2v) is 5.07. The zero-order valence-corrected chi connectivity index (χ0v) is 12.7. The normalized spacial score (nSPS) is 10.3. The van der Waals surface area contributed by atoms with Crippen LogP contribution in [0.25, 0.3) is 0 Å². The number of nitro benzene ring substituents is 1. The summed E-state index contributed by atoms with van der Waals surface area (Å²) in [6.45, 7) is 1.76. The number of hydrogen-bond donors (Lipinski definition) is 0. The number of carbonyl (C=O) groups is 1. The number of halogens is 1. The van der Waals surface area contributed by atoms with E-state index in [1.165, 1.54) is 18.2 Å². The van der Waals surface area contributed by atoms with Crippen LogP contribution in [-0.2, 0) is 6.42 Å². The van der Waals surface area contributed by atoms with E-state index in [1.807, 2.05) is 19.1 Å². The molecule has 0 atom stereocenters. The summed E-state index contributed by atoms with van der Waals surface area (Å²) in [4.78, 5) is 22.4. The molecule has 6 heteroatoms. The number of ether oxygens (including phenoxy) is 1. The number of nitrogens with zero attached hydrogens (tertiary/aromatic N) is 1. The Morgan fingerprint density at radius 1 is 1.23 bits per heavy atom. The topological polar surface area (TPSA) is 69.4 Å². The molecule has 0 N–H and O–H groups in total. The van der Waals surface area contributed by atoms with Crippen LogP contribution in [0.1, 0.15) is 22.8 Å². The van der Waals surface area contributed by atoms with Crippen LogP contribution in [-0.4, -0.2) is 17.3 Å². The van der Waals surface area contributed by atoms with Crippen LogP contribution < -0.4 is 4.74 Å². The van der Waals surface area contributed by atoms with E-state index in [-0.39, 0.29) is 28.8 Å². The van der Waals surface area contributed by atoms with Gasteiger partial charge in [0, 0.05) is 16.7 Å². The summed E-state index contributed by atoms with van der Waals surface area (Å²) in [6.07, 6.45) is 0.891. The summed E-state index contributed by atoms with van der Waals surface area (Å²) in [6, 6.07) is 11.2. The van der Waals surface area contributed by atoms with Crippen molar-refractivity contribution in [3.63, 3.8) is 0 Å². The van der Waals surface area contributed by atoms with E-state index in [2.05, 4.69) is 0 Å². The molecule has 0 bridgehead atoms. The van der Waals surface area contributed by atoms with Crippen molar-refractivity contribution in [2.45, 2.75) is 13.3 Å². The maximum Gasteiger partial charge on any atom is 0.312 e. The lowest BCUT2D eigenvalue weighted by Crippen LogP contribution is -2.12. The Morgan fingerprint density at radius 2 is 1.91 bits per heavy atom.